The summed E-state index contributed by atoms with van der Waals surface area (Å²) in [6.45, 7) is 2.08. The first-order valence-corrected chi connectivity index (χ1v) is 8.91. The fraction of sp³-hybridized carbons (Fsp3) is 0.211. The van der Waals surface area contributed by atoms with Crippen LogP contribution in [0.5, 0.6) is 5.88 Å². The van der Waals surface area contributed by atoms with Gasteiger partial charge in [0.25, 0.3) is 0 Å². The quantitative estimate of drug-likeness (QED) is 0.585. The average molecular weight is 417 g/mol. The minimum absolute atomic E-state index is 0.241. The number of halogens is 1. The summed E-state index contributed by atoms with van der Waals surface area (Å²) in [5.74, 6) is 0.797. The number of hydrogen-bond donors (Lipinski definition) is 1. The Kier molecular flexibility index (Phi) is 5.68. The highest BCUT2D eigenvalue weighted by Gasteiger charge is 2.14. The number of ether oxygens (including phenoxy) is 1. The van der Waals surface area contributed by atoms with Gasteiger partial charge in [-0.05, 0) is 31.0 Å². The zero-order valence-corrected chi connectivity index (χ0v) is 15.6. The molecule has 1 N–H and O–H groups in total. The molecule has 0 spiro atoms. The number of carboxylic acid groups (broad SMARTS) is 1. The summed E-state index contributed by atoms with van der Waals surface area (Å²) in [7, 11) is 0. The molecular formula is C19H17BrN2O4. The van der Waals surface area contributed by atoms with Crippen LogP contribution in [0.3, 0.4) is 0 Å². The second kappa shape index (κ2) is 8.14. The number of oxazole rings is 1. The Bertz CT molecular complexity index is 878. The molecular weight excluding hydrogens is 400 g/mol. The Morgan fingerprint density at radius 1 is 1.27 bits per heavy atom. The Morgan fingerprint density at radius 3 is 2.69 bits per heavy atom. The number of carbonyl (C=O) groups is 1. The Balaban J connectivity index is 1.62. The second-order valence-electron chi connectivity index (χ2n) is 5.69. The van der Waals surface area contributed by atoms with Crippen LogP contribution in [0.2, 0.25) is 0 Å². The molecule has 0 saturated carbocycles. The number of carboxylic acids is 1. The first-order chi connectivity index (χ1) is 12.5. The van der Waals surface area contributed by atoms with Gasteiger partial charge in [0.2, 0.25) is 11.8 Å². The third kappa shape index (κ3) is 4.49. The molecule has 0 fully saturated rings. The normalized spacial score (nSPS) is 11.9. The predicted molar refractivity (Wildman–Crippen MR) is 99.3 cm³/mol. The fourth-order valence-corrected chi connectivity index (χ4v) is 2.69. The smallest absolute Gasteiger partial charge is 0.317 e. The molecule has 134 valence electrons. The summed E-state index contributed by atoms with van der Waals surface area (Å²) in [6.07, 6.45) is 1.96. The van der Waals surface area contributed by atoms with Crippen molar-refractivity contribution in [1.29, 1.82) is 0 Å². The van der Waals surface area contributed by atoms with E-state index in [9.17, 15) is 4.79 Å². The van der Waals surface area contributed by atoms with Crippen molar-refractivity contribution < 1.29 is 19.1 Å². The van der Waals surface area contributed by atoms with E-state index in [-0.39, 0.29) is 6.61 Å². The lowest BCUT2D eigenvalue weighted by Gasteiger charge is -2.06. The van der Waals surface area contributed by atoms with E-state index in [2.05, 4.69) is 25.9 Å². The molecule has 1 aromatic carbocycles. The van der Waals surface area contributed by atoms with Crippen molar-refractivity contribution in [1.82, 2.24) is 9.97 Å². The first kappa shape index (κ1) is 18.1. The molecule has 7 heteroatoms. The second-order valence-corrected chi connectivity index (χ2v) is 6.80. The average Bonchev–Trinajstić information content (AvgIpc) is 3.02. The molecule has 0 bridgehead atoms. The summed E-state index contributed by atoms with van der Waals surface area (Å²) in [4.78, 5) is 18.9. The highest BCUT2D eigenvalue weighted by Crippen LogP contribution is 2.22. The summed E-state index contributed by atoms with van der Waals surface area (Å²) < 4.78 is 11.4. The van der Waals surface area contributed by atoms with Gasteiger partial charge in [-0.25, -0.2) is 9.97 Å². The topological polar surface area (TPSA) is 85.5 Å². The highest BCUT2D eigenvalue weighted by atomic mass is 79.9. The molecule has 3 aromatic rings. The van der Waals surface area contributed by atoms with E-state index >= 15 is 0 Å². The van der Waals surface area contributed by atoms with Gasteiger partial charge in [-0.15, -0.1) is 0 Å². The maximum Gasteiger partial charge on any atom is 0.317 e. The highest BCUT2D eigenvalue weighted by molar-refractivity contribution is 9.10. The molecule has 0 aliphatic rings. The van der Waals surface area contributed by atoms with Gasteiger partial charge >= 0.3 is 5.97 Å². The number of hydrogen-bond acceptors (Lipinski definition) is 5. The van der Waals surface area contributed by atoms with Crippen LogP contribution in [0.15, 0.2) is 53.1 Å². The zero-order chi connectivity index (χ0) is 18.5. The van der Waals surface area contributed by atoms with Crippen LogP contribution in [0.25, 0.3) is 11.5 Å². The largest absolute Gasteiger partial charge is 0.480 e. The van der Waals surface area contributed by atoms with E-state index in [4.69, 9.17) is 14.3 Å². The third-order valence-corrected chi connectivity index (χ3v) is 4.47. The molecule has 2 heterocycles. The molecule has 1 atom stereocenters. The van der Waals surface area contributed by atoms with Crippen molar-refractivity contribution in [2.75, 3.05) is 0 Å². The Hall–Kier alpha value is -2.67. The molecule has 0 aliphatic heterocycles. The van der Waals surface area contributed by atoms with E-state index in [1.165, 1.54) is 0 Å². The number of aliphatic carboxylic acids is 1. The van der Waals surface area contributed by atoms with Crippen molar-refractivity contribution in [3.8, 4) is 17.3 Å². The summed E-state index contributed by atoms with van der Waals surface area (Å²) in [5, 5.41) is 8.91. The standard InChI is InChI=1S/C19H17BrN2O4/c1-12-16(22-18(26-12)14-5-3-2-4-6-14)11-25-17-8-7-13(10-21-17)9-15(20)19(23)24/h2-8,10,15H,9,11H2,1H3,(H,23,24). The van der Waals surface area contributed by atoms with Gasteiger partial charge in [0.15, 0.2) is 0 Å². The van der Waals surface area contributed by atoms with Gasteiger partial charge in [-0.2, -0.15) is 0 Å². The fourth-order valence-electron chi connectivity index (χ4n) is 2.32. The minimum atomic E-state index is -0.902. The maximum atomic E-state index is 10.9. The summed E-state index contributed by atoms with van der Waals surface area (Å²) >= 11 is 3.11. The number of pyridine rings is 1. The molecule has 0 aliphatic carbocycles. The maximum absolute atomic E-state index is 10.9. The summed E-state index contributed by atoms with van der Waals surface area (Å²) in [6, 6.07) is 13.2. The molecule has 2 aromatic heterocycles. The predicted octanol–water partition coefficient (Wildman–Crippen LogP) is 4.01. The number of nitrogens with zero attached hydrogens (tertiary/aromatic N) is 2. The van der Waals surface area contributed by atoms with Crippen molar-refractivity contribution in [3.05, 3.63) is 65.7 Å². The molecule has 26 heavy (non-hydrogen) atoms. The van der Waals surface area contributed by atoms with Crippen molar-refractivity contribution in [2.24, 2.45) is 0 Å². The molecule has 6 nitrogen and oxygen atoms in total. The van der Waals surface area contributed by atoms with E-state index < -0.39 is 10.8 Å². The molecule has 0 amide bonds. The van der Waals surface area contributed by atoms with Gasteiger partial charge in [-0.1, -0.05) is 40.2 Å². The molecule has 0 saturated heterocycles. The third-order valence-electron chi connectivity index (χ3n) is 3.75. The lowest BCUT2D eigenvalue weighted by molar-refractivity contribution is -0.136. The van der Waals surface area contributed by atoms with Gasteiger partial charge in [0.1, 0.15) is 22.9 Å². The van der Waals surface area contributed by atoms with Crippen LogP contribution in [-0.4, -0.2) is 25.9 Å². The number of aryl methyl sites for hydroxylation is 1. The number of alkyl halides is 1. The van der Waals surface area contributed by atoms with Crippen molar-refractivity contribution in [3.63, 3.8) is 0 Å². The van der Waals surface area contributed by atoms with Crippen molar-refractivity contribution >= 4 is 21.9 Å². The minimum Gasteiger partial charge on any atom is -0.480 e. The van der Waals surface area contributed by atoms with Crippen LogP contribution < -0.4 is 4.74 Å². The van der Waals surface area contributed by atoms with E-state index in [0.717, 1.165) is 11.1 Å². The Morgan fingerprint density at radius 2 is 2.04 bits per heavy atom. The van der Waals surface area contributed by atoms with Crippen LogP contribution in [0, 0.1) is 6.92 Å². The first-order valence-electron chi connectivity index (χ1n) is 7.99. The zero-order valence-electron chi connectivity index (χ0n) is 14.1. The van der Waals surface area contributed by atoms with Crippen LogP contribution in [-0.2, 0) is 17.8 Å². The monoisotopic (exact) mass is 416 g/mol. The van der Waals surface area contributed by atoms with E-state index in [0.29, 0.717) is 29.6 Å². The van der Waals surface area contributed by atoms with E-state index in [1.54, 1.807) is 18.3 Å². The number of aromatic nitrogens is 2. The molecule has 1 unspecified atom stereocenters. The number of benzene rings is 1. The Labute approximate surface area is 159 Å². The van der Waals surface area contributed by atoms with Gasteiger partial charge in [-0.3, -0.25) is 4.79 Å². The van der Waals surface area contributed by atoms with Gasteiger partial charge in [0.05, 0.1) is 0 Å². The van der Waals surface area contributed by atoms with Gasteiger partial charge in [0, 0.05) is 17.8 Å². The van der Waals surface area contributed by atoms with Gasteiger partial charge < -0.3 is 14.3 Å². The molecule has 3 rings (SSSR count). The SMILES string of the molecule is Cc1oc(-c2ccccc2)nc1COc1ccc(CC(Br)C(=O)O)cn1. The van der Waals surface area contributed by atoms with Crippen molar-refractivity contribution in [2.45, 2.75) is 24.8 Å². The van der Waals surface area contributed by atoms with Crippen LogP contribution in [0.4, 0.5) is 0 Å². The summed E-state index contributed by atoms with van der Waals surface area (Å²) in [5.41, 5.74) is 2.43. The van der Waals surface area contributed by atoms with E-state index in [1.807, 2.05) is 37.3 Å². The van der Waals surface area contributed by atoms with Crippen LogP contribution in [0.1, 0.15) is 17.0 Å². The lowest BCUT2D eigenvalue weighted by atomic mass is 10.1. The molecule has 0 radical (unpaired) electrons. The lowest BCUT2D eigenvalue weighted by Crippen LogP contribution is -2.15. The van der Waals surface area contributed by atoms with Crippen LogP contribution >= 0.6 is 15.9 Å². The number of rotatable bonds is 7.